The van der Waals surface area contributed by atoms with E-state index in [-0.39, 0.29) is 23.5 Å². The minimum Gasteiger partial charge on any atom is -0.460 e. The lowest BCUT2D eigenvalue weighted by atomic mass is 9.90. The molecule has 1 fully saturated rings. The first-order valence-corrected chi connectivity index (χ1v) is 8.23. The molecule has 1 aromatic carbocycles. The monoisotopic (exact) mass is 385 g/mol. The molecule has 0 radical (unpaired) electrons. The van der Waals surface area contributed by atoms with Crippen molar-refractivity contribution in [2.45, 2.75) is 19.9 Å². The fourth-order valence-electron chi connectivity index (χ4n) is 3.07. The van der Waals surface area contributed by atoms with Crippen molar-refractivity contribution in [2.24, 2.45) is 11.1 Å². The Morgan fingerprint density at radius 2 is 2.16 bits per heavy atom. The maximum absolute atomic E-state index is 10.8. The van der Waals surface area contributed by atoms with Crippen molar-refractivity contribution in [2.75, 3.05) is 19.6 Å². The zero-order chi connectivity index (χ0) is 17.3. The number of rotatable bonds is 5. The van der Waals surface area contributed by atoms with Gasteiger partial charge in [-0.3, -0.25) is 15.0 Å². The average Bonchev–Trinajstić information content (AvgIpc) is 3.15. The number of nitro benzene ring substituents is 1. The molecule has 0 bridgehead atoms. The Morgan fingerprint density at radius 1 is 1.40 bits per heavy atom. The van der Waals surface area contributed by atoms with E-state index in [2.05, 4.69) is 11.8 Å². The van der Waals surface area contributed by atoms with Crippen LogP contribution in [0.1, 0.15) is 19.1 Å². The van der Waals surface area contributed by atoms with Crippen molar-refractivity contribution >= 4 is 29.7 Å². The number of benzene rings is 1. The van der Waals surface area contributed by atoms with Crippen LogP contribution in [0.2, 0.25) is 5.02 Å². The van der Waals surface area contributed by atoms with Gasteiger partial charge in [0.1, 0.15) is 11.5 Å². The fraction of sp³-hybridized carbons (Fsp3) is 0.412. The van der Waals surface area contributed by atoms with Crippen LogP contribution in [0.3, 0.4) is 0 Å². The molecule has 2 aromatic rings. The quantitative estimate of drug-likeness (QED) is 0.618. The normalized spacial score (nSPS) is 20.4. The molecule has 0 spiro atoms. The van der Waals surface area contributed by atoms with Crippen LogP contribution in [0.25, 0.3) is 11.3 Å². The Labute approximate surface area is 157 Å². The van der Waals surface area contributed by atoms with Crippen molar-refractivity contribution in [1.29, 1.82) is 0 Å². The van der Waals surface area contributed by atoms with Gasteiger partial charge in [-0.15, -0.1) is 12.4 Å². The SMILES string of the molecule is CC1(CN)CCN(Cc2ccc(-c3ccc([N+](=O)[O-])cc3Cl)o2)C1.Cl. The van der Waals surface area contributed by atoms with Gasteiger partial charge in [0.05, 0.1) is 16.5 Å². The molecule has 2 N–H and O–H groups in total. The third-order valence-electron chi connectivity index (χ3n) is 4.60. The van der Waals surface area contributed by atoms with Crippen molar-refractivity contribution in [1.82, 2.24) is 4.90 Å². The molecule has 1 unspecified atom stereocenters. The minimum absolute atomic E-state index is 0. The predicted octanol–water partition coefficient (Wildman–Crippen LogP) is 4.10. The molecule has 3 rings (SSSR count). The van der Waals surface area contributed by atoms with Gasteiger partial charge in [0.25, 0.3) is 5.69 Å². The average molecular weight is 386 g/mol. The highest BCUT2D eigenvalue weighted by atomic mass is 35.5. The molecular weight excluding hydrogens is 365 g/mol. The maximum Gasteiger partial charge on any atom is 0.270 e. The predicted molar refractivity (Wildman–Crippen MR) is 100 cm³/mol. The van der Waals surface area contributed by atoms with Crippen molar-refractivity contribution in [3.05, 3.63) is 51.2 Å². The van der Waals surface area contributed by atoms with Crippen LogP contribution in [0, 0.1) is 15.5 Å². The van der Waals surface area contributed by atoms with Crippen molar-refractivity contribution < 1.29 is 9.34 Å². The molecule has 0 amide bonds. The number of nitro groups is 1. The fourth-order valence-corrected chi connectivity index (χ4v) is 3.34. The van der Waals surface area contributed by atoms with Gasteiger partial charge in [-0.25, -0.2) is 0 Å². The lowest BCUT2D eigenvalue weighted by Crippen LogP contribution is -2.31. The van der Waals surface area contributed by atoms with Crippen LogP contribution >= 0.6 is 24.0 Å². The van der Waals surface area contributed by atoms with E-state index < -0.39 is 4.92 Å². The topological polar surface area (TPSA) is 85.5 Å². The molecule has 8 heteroatoms. The molecule has 25 heavy (non-hydrogen) atoms. The summed E-state index contributed by atoms with van der Waals surface area (Å²) in [5.74, 6) is 1.46. The summed E-state index contributed by atoms with van der Waals surface area (Å²) in [6.45, 7) is 5.57. The highest BCUT2D eigenvalue weighted by Crippen LogP contribution is 2.34. The zero-order valence-electron chi connectivity index (χ0n) is 13.9. The molecule has 136 valence electrons. The smallest absolute Gasteiger partial charge is 0.270 e. The molecular formula is C17H21Cl2N3O3. The van der Waals surface area contributed by atoms with Crippen LogP contribution in [0.4, 0.5) is 5.69 Å². The summed E-state index contributed by atoms with van der Waals surface area (Å²) in [7, 11) is 0. The summed E-state index contributed by atoms with van der Waals surface area (Å²) in [5.41, 5.74) is 6.64. The molecule has 0 saturated carbocycles. The van der Waals surface area contributed by atoms with Gasteiger partial charge >= 0.3 is 0 Å². The summed E-state index contributed by atoms with van der Waals surface area (Å²) in [6.07, 6.45) is 1.09. The van der Waals surface area contributed by atoms with Gasteiger partial charge in [0, 0.05) is 24.2 Å². The van der Waals surface area contributed by atoms with Crippen LogP contribution in [0.5, 0.6) is 0 Å². The Kier molecular flexibility index (Phi) is 6.11. The Morgan fingerprint density at radius 3 is 2.76 bits per heavy atom. The summed E-state index contributed by atoms with van der Waals surface area (Å²) in [5, 5.41) is 11.1. The summed E-state index contributed by atoms with van der Waals surface area (Å²) in [6, 6.07) is 8.15. The number of hydrogen-bond acceptors (Lipinski definition) is 5. The third-order valence-corrected chi connectivity index (χ3v) is 4.91. The first-order valence-electron chi connectivity index (χ1n) is 7.86. The number of hydrogen-bond donors (Lipinski definition) is 1. The van der Waals surface area contributed by atoms with Crippen LogP contribution in [-0.4, -0.2) is 29.5 Å². The van der Waals surface area contributed by atoms with Gasteiger partial charge in [0.15, 0.2) is 0 Å². The van der Waals surface area contributed by atoms with E-state index in [1.807, 2.05) is 12.1 Å². The molecule has 1 aliphatic heterocycles. The molecule has 1 saturated heterocycles. The summed E-state index contributed by atoms with van der Waals surface area (Å²) < 4.78 is 5.89. The second kappa shape index (κ2) is 7.74. The van der Waals surface area contributed by atoms with Gasteiger partial charge in [-0.05, 0) is 43.1 Å². The van der Waals surface area contributed by atoms with Crippen LogP contribution in [-0.2, 0) is 6.54 Å². The van der Waals surface area contributed by atoms with E-state index in [0.717, 1.165) is 31.8 Å². The molecule has 1 atom stereocenters. The van der Waals surface area contributed by atoms with Crippen molar-refractivity contribution in [3.63, 3.8) is 0 Å². The van der Waals surface area contributed by atoms with Gasteiger partial charge < -0.3 is 10.2 Å². The lowest BCUT2D eigenvalue weighted by Gasteiger charge is -2.22. The number of halogens is 2. The lowest BCUT2D eigenvalue weighted by molar-refractivity contribution is -0.384. The molecule has 1 aromatic heterocycles. The number of non-ortho nitro benzene ring substituents is 1. The maximum atomic E-state index is 10.8. The highest BCUT2D eigenvalue weighted by Gasteiger charge is 2.32. The molecule has 0 aliphatic carbocycles. The number of furan rings is 1. The Bertz CT molecular complexity index is 765. The van der Waals surface area contributed by atoms with Gasteiger partial charge in [0.2, 0.25) is 0 Å². The highest BCUT2D eigenvalue weighted by molar-refractivity contribution is 6.33. The van der Waals surface area contributed by atoms with E-state index in [9.17, 15) is 10.1 Å². The van der Waals surface area contributed by atoms with Gasteiger partial charge in [-0.1, -0.05) is 18.5 Å². The third kappa shape index (κ3) is 4.33. The Hall–Kier alpha value is -1.60. The molecule has 6 nitrogen and oxygen atoms in total. The van der Waals surface area contributed by atoms with Crippen LogP contribution in [0.15, 0.2) is 34.7 Å². The standard InChI is InChI=1S/C17H20ClN3O3.ClH/c1-17(10-19)6-7-20(11-17)9-13-3-5-16(24-13)14-4-2-12(21(22)23)8-15(14)18;/h2-5,8H,6-7,9-11,19H2,1H3;1H. The molecule has 2 heterocycles. The molecule has 1 aliphatic rings. The zero-order valence-corrected chi connectivity index (χ0v) is 15.5. The second-order valence-electron chi connectivity index (χ2n) is 6.66. The number of likely N-dealkylation sites (tertiary alicyclic amines) is 1. The van der Waals surface area contributed by atoms with Gasteiger partial charge in [-0.2, -0.15) is 0 Å². The number of nitrogens with two attached hydrogens (primary N) is 1. The van der Waals surface area contributed by atoms with E-state index >= 15 is 0 Å². The van der Waals surface area contributed by atoms with E-state index in [4.69, 9.17) is 21.8 Å². The second-order valence-corrected chi connectivity index (χ2v) is 7.07. The van der Waals surface area contributed by atoms with E-state index in [1.165, 1.54) is 12.1 Å². The largest absolute Gasteiger partial charge is 0.460 e. The number of nitrogens with zero attached hydrogens (tertiary/aromatic N) is 2. The first kappa shape index (κ1) is 19.7. The van der Waals surface area contributed by atoms with Crippen molar-refractivity contribution in [3.8, 4) is 11.3 Å². The first-order chi connectivity index (χ1) is 11.4. The Balaban J connectivity index is 0.00000225. The minimum atomic E-state index is -0.467. The van der Waals surface area contributed by atoms with E-state index in [0.29, 0.717) is 22.9 Å². The van der Waals surface area contributed by atoms with Crippen LogP contribution < -0.4 is 5.73 Å². The summed E-state index contributed by atoms with van der Waals surface area (Å²) in [4.78, 5) is 12.6. The van der Waals surface area contributed by atoms with E-state index in [1.54, 1.807) is 6.07 Å². The summed E-state index contributed by atoms with van der Waals surface area (Å²) >= 11 is 6.15.